The number of thioether (sulfide) groups is 1. The topological polar surface area (TPSA) is 99.0 Å². The van der Waals surface area contributed by atoms with E-state index in [0.717, 1.165) is 11.3 Å². The second kappa shape index (κ2) is 9.65. The molecule has 2 aromatic carbocycles. The number of aromatic nitrogens is 4. The molecule has 9 heteroatoms. The Balaban J connectivity index is 1.61. The number of tetrazole rings is 1. The average molecular weight is 397 g/mol. The van der Waals surface area contributed by atoms with Gasteiger partial charge in [0.1, 0.15) is 6.04 Å². The highest BCUT2D eigenvalue weighted by atomic mass is 32.2. The Bertz CT molecular complexity index is 918. The third-order valence-corrected chi connectivity index (χ3v) is 4.80. The van der Waals surface area contributed by atoms with Crippen molar-refractivity contribution in [2.75, 3.05) is 12.9 Å². The molecule has 28 heavy (non-hydrogen) atoms. The van der Waals surface area contributed by atoms with Crippen LogP contribution in [0.1, 0.15) is 5.56 Å². The molecule has 1 atom stereocenters. The molecule has 0 fully saturated rings. The van der Waals surface area contributed by atoms with Crippen LogP contribution in [0.25, 0.3) is 5.69 Å². The lowest BCUT2D eigenvalue weighted by Gasteiger charge is -2.16. The standard InChI is InChI=1S/C19H19N5O3S/c1-27-18(26)16(12-14-8-4-2-5-9-14)20-17(25)13-28-19-21-22-23-24(19)15-10-6-3-7-11-15/h2-11,16H,12-13H2,1H3,(H,20,25). The first kappa shape index (κ1) is 19.6. The fourth-order valence-corrected chi connectivity index (χ4v) is 3.25. The van der Waals surface area contributed by atoms with Crippen LogP contribution in [-0.4, -0.2) is 51.0 Å². The summed E-state index contributed by atoms with van der Waals surface area (Å²) in [7, 11) is 1.30. The number of methoxy groups -OCH3 is 1. The number of benzene rings is 2. The molecule has 0 aliphatic carbocycles. The van der Waals surface area contributed by atoms with Crippen LogP contribution in [0.5, 0.6) is 0 Å². The Hall–Kier alpha value is -3.20. The summed E-state index contributed by atoms with van der Waals surface area (Å²) in [6.07, 6.45) is 0.353. The minimum atomic E-state index is -0.759. The molecule has 144 valence electrons. The molecule has 0 spiro atoms. The highest BCUT2D eigenvalue weighted by Gasteiger charge is 2.22. The SMILES string of the molecule is COC(=O)C(Cc1ccccc1)NC(=O)CSc1nnnn1-c1ccccc1. The molecule has 1 N–H and O–H groups in total. The van der Waals surface area contributed by atoms with Crippen molar-refractivity contribution in [1.29, 1.82) is 0 Å². The molecule has 0 radical (unpaired) electrons. The van der Waals surface area contributed by atoms with Gasteiger partial charge in [0.15, 0.2) is 0 Å². The fraction of sp³-hybridized carbons (Fsp3) is 0.211. The van der Waals surface area contributed by atoms with Crippen LogP contribution < -0.4 is 5.32 Å². The summed E-state index contributed by atoms with van der Waals surface area (Å²) in [5.74, 6) is -0.731. The summed E-state index contributed by atoms with van der Waals surface area (Å²) in [6, 6.07) is 18.1. The van der Waals surface area contributed by atoms with E-state index in [9.17, 15) is 9.59 Å². The molecule has 0 saturated carbocycles. The van der Waals surface area contributed by atoms with Crippen LogP contribution in [0.2, 0.25) is 0 Å². The maximum Gasteiger partial charge on any atom is 0.328 e. The summed E-state index contributed by atoms with van der Waals surface area (Å²) >= 11 is 1.19. The lowest BCUT2D eigenvalue weighted by Crippen LogP contribution is -2.43. The van der Waals surface area contributed by atoms with Gasteiger partial charge in [-0.15, -0.1) is 5.10 Å². The van der Waals surface area contributed by atoms with Gasteiger partial charge in [0.25, 0.3) is 0 Å². The Morgan fingerprint density at radius 2 is 1.79 bits per heavy atom. The van der Waals surface area contributed by atoms with Crippen LogP contribution in [0.3, 0.4) is 0 Å². The van der Waals surface area contributed by atoms with Crippen LogP contribution in [0.15, 0.2) is 65.8 Å². The summed E-state index contributed by atoms with van der Waals surface area (Å²) in [5.41, 5.74) is 1.73. The fourth-order valence-electron chi connectivity index (χ4n) is 2.55. The van der Waals surface area contributed by atoms with Gasteiger partial charge in [-0.3, -0.25) is 4.79 Å². The number of ether oxygens (including phenoxy) is 1. The van der Waals surface area contributed by atoms with Crippen molar-refractivity contribution >= 4 is 23.6 Å². The van der Waals surface area contributed by atoms with Crippen molar-refractivity contribution in [2.24, 2.45) is 0 Å². The number of hydrogen-bond donors (Lipinski definition) is 1. The van der Waals surface area contributed by atoms with E-state index in [1.54, 1.807) is 4.68 Å². The average Bonchev–Trinajstić information content (AvgIpc) is 3.21. The predicted octanol–water partition coefficient (Wildman–Crippen LogP) is 1.65. The summed E-state index contributed by atoms with van der Waals surface area (Å²) in [6.45, 7) is 0. The van der Waals surface area contributed by atoms with Crippen molar-refractivity contribution in [3.05, 3.63) is 66.2 Å². The lowest BCUT2D eigenvalue weighted by atomic mass is 10.1. The molecule has 1 unspecified atom stereocenters. The van der Waals surface area contributed by atoms with Crippen LogP contribution in [0.4, 0.5) is 0 Å². The van der Waals surface area contributed by atoms with E-state index in [1.807, 2.05) is 60.7 Å². The van der Waals surface area contributed by atoms with E-state index in [2.05, 4.69) is 20.8 Å². The number of carbonyl (C=O) groups excluding carboxylic acids is 2. The zero-order valence-electron chi connectivity index (χ0n) is 15.2. The quantitative estimate of drug-likeness (QED) is 0.456. The smallest absolute Gasteiger partial charge is 0.328 e. The maximum atomic E-state index is 12.4. The van der Waals surface area contributed by atoms with Crippen molar-refractivity contribution in [2.45, 2.75) is 17.6 Å². The van der Waals surface area contributed by atoms with Gasteiger partial charge in [-0.1, -0.05) is 60.3 Å². The van der Waals surface area contributed by atoms with Crippen molar-refractivity contribution in [1.82, 2.24) is 25.5 Å². The molecule has 0 bridgehead atoms. The second-order valence-corrected chi connectivity index (χ2v) is 6.77. The minimum Gasteiger partial charge on any atom is -0.467 e. The Morgan fingerprint density at radius 1 is 1.11 bits per heavy atom. The maximum absolute atomic E-state index is 12.4. The van der Waals surface area contributed by atoms with E-state index in [-0.39, 0.29) is 11.7 Å². The lowest BCUT2D eigenvalue weighted by molar-refractivity contribution is -0.144. The number of para-hydroxylation sites is 1. The molecule has 1 aromatic heterocycles. The number of hydrogen-bond acceptors (Lipinski definition) is 7. The summed E-state index contributed by atoms with van der Waals surface area (Å²) in [5, 5.41) is 14.8. The third-order valence-electron chi connectivity index (χ3n) is 3.88. The van der Waals surface area contributed by atoms with Gasteiger partial charge in [0, 0.05) is 6.42 Å². The predicted molar refractivity (Wildman–Crippen MR) is 104 cm³/mol. The summed E-state index contributed by atoms with van der Waals surface area (Å²) < 4.78 is 6.37. The van der Waals surface area contributed by atoms with Gasteiger partial charge < -0.3 is 10.1 Å². The molecular formula is C19H19N5O3S. The van der Waals surface area contributed by atoms with E-state index >= 15 is 0 Å². The molecule has 0 saturated heterocycles. The first-order chi connectivity index (χ1) is 13.7. The Labute approximate surface area is 166 Å². The van der Waals surface area contributed by atoms with E-state index in [1.165, 1.54) is 18.9 Å². The van der Waals surface area contributed by atoms with E-state index < -0.39 is 12.0 Å². The normalized spacial score (nSPS) is 11.6. The van der Waals surface area contributed by atoms with Crippen LogP contribution in [-0.2, 0) is 20.7 Å². The van der Waals surface area contributed by atoms with Gasteiger partial charge >= 0.3 is 5.97 Å². The Kier molecular flexibility index (Phi) is 6.74. The number of carbonyl (C=O) groups is 2. The van der Waals surface area contributed by atoms with Gasteiger partial charge in [-0.25, -0.2) is 4.79 Å². The second-order valence-electron chi connectivity index (χ2n) is 5.83. The molecule has 8 nitrogen and oxygen atoms in total. The molecule has 1 amide bonds. The number of esters is 1. The van der Waals surface area contributed by atoms with Crippen molar-refractivity contribution in [3.8, 4) is 5.69 Å². The largest absolute Gasteiger partial charge is 0.467 e. The molecule has 3 rings (SSSR count). The van der Waals surface area contributed by atoms with E-state index in [0.29, 0.717) is 11.6 Å². The van der Waals surface area contributed by atoms with Crippen LogP contribution in [0, 0.1) is 0 Å². The molecule has 3 aromatic rings. The monoisotopic (exact) mass is 397 g/mol. The van der Waals surface area contributed by atoms with Crippen molar-refractivity contribution < 1.29 is 14.3 Å². The van der Waals surface area contributed by atoms with Gasteiger partial charge in [0.2, 0.25) is 11.1 Å². The molecule has 0 aliphatic heterocycles. The molecule has 0 aliphatic rings. The zero-order valence-corrected chi connectivity index (χ0v) is 16.0. The summed E-state index contributed by atoms with van der Waals surface area (Å²) in [4.78, 5) is 24.4. The van der Waals surface area contributed by atoms with Gasteiger partial charge in [0.05, 0.1) is 18.6 Å². The van der Waals surface area contributed by atoms with Gasteiger partial charge in [-0.2, -0.15) is 4.68 Å². The third kappa shape index (κ3) is 5.17. The minimum absolute atomic E-state index is 0.0650. The number of amides is 1. The van der Waals surface area contributed by atoms with E-state index in [4.69, 9.17) is 4.74 Å². The molecule has 1 heterocycles. The molecular weight excluding hydrogens is 378 g/mol. The highest BCUT2D eigenvalue weighted by molar-refractivity contribution is 7.99. The Morgan fingerprint density at radius 3 is 2.46 bits per heavy atom. The zero-order chi connectivity index (χ0) is 19.8. The number of nitrogens with zero attached hydrogens (tertiary/aromatic N) is 4. The van der Waals surface area contributed by atoms with Crippen molar-refractivity contribution in [3.63, 3.8) is 0 Å². The number of nitrogens with one attached hydrogen (secondary N) is 1. The first-order valence-corrected chi connectivity index (χ1v) is 9.53. The van der Waals surface area contributed by atoms with Crippen LogP contribution >= 0.6 is 11.8 Å². The number of rotatable bonds is 8. The van der Waals surface area contributed by atoms with Gasteiger partial charge in [-0.05, 0) is 28.1 Å². The first-order valence-electron chi connectivity index (χ1n) is 8.55. The highest BCUT2D eigenvalue weighted by Crippen LogP contribution is 2.17.